The van der Waals surface area contributed by atoms with Gasteiger partial charge >= 0.3 is 0 Å². The highest BCUT2D eigenvalue weighted by Gasteiger charge is 2.22. The summed E-state index contributed by atoms with van der Waals surface area (Å²) < 4.78 is 27.9. The minimum atomic E-state index is -3.69. The van der Waals surface area contributed by atoms with Crippen molar-refractivity contribution in [3.05, 3.63) is 46.8 Å². The number of sulfonamides is 1. The summed E-state index contributed by atoms with van der Waals surface area (Å²) in [5, 5.41) is 0. The molecule has 1 aromatic carbocycles. The van der Waals surface area contributed by atoms with Crippen molar-refractivity contribution < 1.29 is 8.42 Å². The zero-order valence-electron chi connectivity index (χ0n) is 12.6. The van der Waals surface area contributed by atoms with Crippen molar-refractivity contribution in [2.24, 2.45) is 0 Å². The van der Waals surface area contributed by atoms with Gasteiger partial charge in [-0.15, -0.1) is 0 Å². The molecule has 0 radical (unpaired) electrons. The molecular weight excluding hydrogens is 286 g/mol. The molecule has 0 spiro atoms. The number of rotatable bonds is 3. The van der Waals surface area contributed by atoms with Gasteiger partial charge in [-0.1, -0.05) is 0 Å². The fourth-order valence-corrected chi connectivity index (χ4v) is 3.88. The minimum Gasteiger partial charge on any atom is -0.398 e. The summed E-state index contributed by atoms with van der Waals surface area (Å²) >= 11 is 0. The molecule has 1 aromatic heterocycles. The van der Waals surface area contributed by atoms with Crippen molar-refractivity contribution in [2.45, 2.75) is 32.6 Å². The second kappa shape index (κ2) is 5.37. The molecule has 112 valence electrons. The summed E-state index contributed by atoms with van der Waals surface area (Å²) in [6.07, 6.45) is 1.57. The Morgan fingerprint density at radius 1 is 1.10 bits per heavy atom. The Hall–Kier alpha value is -2.08. The summed E-state index contributed by atoms with van der Waals surface area (Å²) in [5.74, 6) is 0. The maximum absolute atomic E-state index is 12.7. The van der Waals surface area contributed by atoms with Crippen molar-refractivity contribution >= 4 is 21.4 Å². The van der Waals surface area contributed by atoms with Crippen LogP contribution < -0.4 is 10.5 Å². The Labute approximate surface area is 125 Å². The van der Waals surface area contributed by atoms with Gasteiger partial charge in [0.25, 0.3) is 10.0 Å². The molecule has 6 heteroatoms. The molecule has 21 heavy (non-hydrogen) atoms. The summed E-state index contributed by atoms with van der Waals surface area (Å²) in [5.41, 5.74) is 9.73. The van der Waals surface area contributed by atoms with E-state index in [1.165, 1.54) is 0 Å². The van der Waals surface area contributed by atoms with E-state index in [1.807, 2.05) is 6.92 Å². The number of benzene rings is 1. The van der Waals surface area contributed by atoms with Gasteiger partial charge in [-0.25, -0.2) is 8.42 Å². The number of anilines is 2. The molecule has 0 amide bonds. The highest BCUT2D eigenvalue weighted by Crippen LogP contribution is 2.29. The van der Waals surface area contributed by atoms with Crippen LogP contribution in [-0.4, -0.2) is 13.4 Å². The lowest BCUT2D eigenvalue weighted by atomic mass is 10.1. The van der Waals surface area contributed by atoms with Crippen LogP contribution >= 0.6 is 0 Å². The van der Waals surface area contributed by atoms with E-state index in [0.29, 0.717) is 22.5 Å². The van der Waals surface area contributed by atoms with Crippen molar-refractivity contribution in [1.29, 1.82) is 0 Å². The predicted octanol–water partition coefficient (Wildman–Crippen LogP) is 2.70. The number of pyridine rings is 1. The molecule has 0 unspecified atom stereocenters. The van der Waals surface area contributed by atoms with E-state index >= 15 is 0 Å². The highest BCUT2D eigenvalue weighted by molar-refractivity contribution is 7.92. The van der Waals surface area contributed by atoms with E-state index in [4.69, 9.17) is 5.73 Å². The number of hydrogen-bond donors (Lipinski definition) is 2. The Bertz CT molecular complexity index is 773. The molecule has 0 saturated heterocycles. The van der Waals surface area contributed by atoms with Crippen LogP contribution in [0.2, 0.25) is 0 Å². The predicted molar refractivity (Wildman–Crippen MR) is 84.8 cm³/mol. The van der Waals surface area contributed by atoms with Crippen molar-refractivity contribution in [3.63, 3.8) is 0 Å². The zero-order valence-corrected chi connectivity index (χ0v) is 13.4. The van der Waals surface area contributed by atoms with E-state index in [-0.39, 0.29) is 4.90 Å². The lowest BCUT2D eigenvalue weighted by Crippen LogP contribution is -2.17. The summed E-state index contributed by atoms with van der Waals surface area (Å²) in [7, 11) is -3.69. The van der Waals surface area contributed by atoms with Crippen LogP contribution in [0.3, 0.4) is 0 Å². The quantitative estimate of drug-likeness (QED) is 0.854. The van der Waals surface area contributed by atoms with Gasteiger partial charge in [-0.2, -0.15) is 0 Å². The van der Waals surface area contributed by atoms with Crippen LogP contribution in [0.25, 0.3) is 0 Å². The van der Waals surface area contributed by atoms with Crippen LogP contribution in [0, 0.1) is 27.7 Å². The molecule has 0 aliphatic carbocycles. The molecule has 3 N–H and O–H groups in total. The minimum absolute atomic E-state index is 0.245. The number of nitrogens with zero attached hydrogens (tertiary/aromatic N) is 1. The number of nitrogen functional groups attached to an aromatic ring is 1. The van der Waals surface area contributed by atoms with Crippen LogP contribution in [0.5, 0.6) is 0 Å². The summed E-state index contributed by atoms with van der Waals surface area (Å²) in [4.78, 5) is 4.30. The fourth-order valence-electron chi connectivity index (χ4n) is 2.26. The first-order valence-electron chi connectivity index (χ1n) is 6.54. The molecule has 0 bridgehead atoms. The molecule has 0 fully saturated rings. The normalized spacial score (nSPS) is 11.4. The van der Waals surface area contributed by atoms with Crippen molar-refractivity contribution in [2.75, 3.05) is 10.5 Å². The number of aromatic nitrogens is 1. The molecule has 0 saturated carbocycles. The largest absolute Gasteiger partial charge is 0.398 e. The molecule has 2 rings (SSSR count). The van der Waals surface area contributed by atoms with Gasteiger partial charge < -0.3 is 5.73 Å². The van der Waals surface area contributed by atoms with Crippen LogP contribution in [0.15, 0.2) is 29.3 Å². The molecule has 0 aliphatic rings. The van der Waals surface area contributed by atoms with Gasteiger partial charge in [0.1, 0.15) is 0 Å². The third-order valence-corrected chi connectivity index (χ3v) is 5.15. The van der Waals surface area contributed by atoms with Gasteiger partial charge in [0, 0.05) is 17.6 Å². The Kier molecular flexibility index (Phi) is 3.91. The highest BCUT2D eigenvalue weighted by atomic mass is 32.2. The molecule has 2 aromatic rings. The number of nitrogens with one attached hydrogen (secondary N) is 1. The molecule has 0 atom stereocenters. The number of hydrogen-bond acceptors (Lipinski definition) is 4. The average Bonchev–Trinajstić information content (AvgIpc) is 2.35. The van der Waals surface area contributed by atoms with Gasteiger partial charge in [0.05, 0.1) is 10.6 Å². The standard InChI is InChI=1S/C15H19N3O2S/c1-9-7-14(16)12(4)15(11(9)3)21(19,20)18-13-5-6-17-10(2)8-13/h5-8H,16H2,1-4H3,(H,17,18). The molecule has 1 heterocycles. The average molecular weight is 305 g/mol. The lowest BCUT2D eigenvalue weighted by Gasteiger charge is -2.16. The van der Waals surface area contributed by atoms with Crippen LogP contribution in [0.4, 0.5) is 11.4 Å². The van der Waals surface area contributed by atoms with E-state index in [2.05, 4.69) is 9.71 Å². The van der Waals surface area contributed by atoms with Gasteiger partial charge in [0.2, 0.25) is 0 Å². The Morgan fingerprint density at radius 2 is 1.76 bits per heavy atom. The van der Waals surface area contributed by atoms with E-state index in [9.17, 15) is 8.42 Å². The molecular formula is C15H19N3O2S. The SMILES string of the molecule is Cc1cc(NS(=O)(=O)c2c(C)c(C)cc(N)c2C)ccn1. The van der Waals surface area contributed by atoms with Gasteiger partial charge in [-0.05, 0) is 62.6 Å². The second-order valence-corrected chi connectivity index (χ2v) is 6.77. The first-order valence-corrected chi connectivity index (χ1v) is 8.02. The molecule has 5 nitrogen and oxygen atoms in total. The zero-order chi connectivity index (χ0) is 15.8. The Balaban J connectivity index is 2.55. The van der Waals surface area contributed by atoms with Crippen molar-refractivity contribution in [3.8, 4) is 0 Å². The summed E-state index contributed by atoms with van der Waals surface area (Å²) in [6, 6.07) is 5.09. The van der Waals surface area contributed by atoms with Crippen LogP contribution in [0.1, 0.15) is 22.4 Å². The van der Waals surface area contributed by atoms with E-state index < -0.39 is 10.0 Å². The Morgan fingerprint density at radius 3 is 2.38 bits per heavy atom. The third kappa shape index (κ3) is 3.00. The maximum atomic E-state index is 12.7. The summed E-state index contributed by atoms with van der Waals surface area (Å²) in [6.45, 7) is 7.15. The van der Waals surface area contributed by atoms with Gasteiger partial charge in [-0.3, -0.25) is 9.71 Å². The first kappa shape index (κ1) is 15.3. The van der Waals surface area contributed by atoms with Gasteiger partial charge in [0.15, 0.2) is 0 Å². The monoisotopic (exact) mass is 305 g/mol. The lowest BCUT2D eigenvalue weighted by molar-refractivity contribution is 0.600. The van der Waals surface area contributed by atoms with E-state index in [1.54, 1.807) is 45.2 Å². The molecule has 0 aliphatic heterocycles. The van der Waals surface area contributed by atoms with E-state index in [0.717, 1.165) is 11.3 Å². The smallest absolute Gasteiger partial charge is 0.262 e. The second-order valence-electron chi connectivity index (χ2n) is 5.15. The van der Waals surface area contributed by atoms with Crippen molar-refractivity contribution in [1.82, 2.24) is 4.98 Å². The topological polar surface area (TPSA) is 85.1 Å². The van der Waals surface area contributed by atoms with Crippen LogP contribution in [-0.2, 0) is 10.0 Å². The number of aryl methyl sites for hydroxylation is 2. The third-order valence-electron chi connectivity index (χ3n) is 3.50. The maximum Gasteiger partial charge on any atom is 0.262 e. The number of nitrogens with two attached hydrogens (primary N) is 1. The fraction of sp³-hybridized carbons (Fsp3) is 0.267. The first-order chi connectivity index (χ1) is 9.72.